The summed E-state index contributed by atoms with van der Waals surface area (Å²) >= 11 is 0. The Morgan fingerprint density at radius 2 is 2.12 bits per heavy atom. The van der Waals surface area contributed by atoms with Crippen LogP contribution in [0.4, 0.5) is 0 Å². The molecule has 0 aliphatic carbocycles. The minimum Gasteiger partial charge on any atom is -0.378 e. The fourth-order valence-electron chi connectivity index (χ4n) is 2.57. The molecule has 0 aromatic heterocycles. The Balaban J connectivity index is 2.25. The Morgan fingerprint density at radius 1 is 1.38 bits per heavy atom. The molecule has 1 saturated heterocycles. The van der Waals surface area contributed by atoms with Gasteiger partial charge in [-0.25, -0.2) is 0 Å². The number of aryl methyl sites for hydroxylation is 2. The molecule has 0 amide bonds. The lowest BCUT2D eigenvalue weighted by atomic mass is 9.86. The smallest absolute Gasteiger partial charge is 0.0594 e. The van der Waals surface area contributed by atoms with Crippen molar-refractivity contribution in [2.75, 3.05) is 6.61 Å². The highest BCUT2D eigenvalue weighted by molar-refractivity contribution is 5.33. The van der Waals surface area contributed by atoms with Crippen molar-refractivity contribution in [3.63, 3.8) is 0 Å². The Labute approximate surface area is 97.8 Å². The topological polar surface area (TPSA) is 35.2 Å². The normalized spacial score (nSPS) is 27.0. The molecule has 3 unspecified atom stereocenters. The Hall–Kier alpha value is -0.860. The van der Waals surface area contributed by atoms with E-state index in [1.165, 1.54) is 16.7 Å². The van der Waals surface area contributed by atoms with Gasteiger partial charge < -0.3 is 10.5 Å². The second-order valence-corrected chi connectivity index (χ2v) is 4.91. The van der Waals surface area contributed by atoms with Crippen molar-refractivity contribution in [1.29, 1.82) is 0 Å². The average molecular weight is 219 g/mol. The van der Waals surface area contributed by atoms with Crippen LogP contribution < -0.4 is 5.73 Å². The number of nitrogens with two attached hydrogens (primary N) is 1. The van der Waals surface area contributed by atoms with E-state index in [9.17, 15) is 0 Å². The van der Waals surface area contributed by atoms with Crippen LogP contribution in [-0.2, 0) is 4.74 Å². The van der Waals surface area contributed by atoms with Gasteiger partial charge in [-0.05, 0) is 38.3 Å². The molecule has 2 heteroatoms. The molecule has 1 aromatic carbocycles. The van der Waals surface area contributed by atoms with Gasteiger partial charge in [-0.1, -0.05) is 23.8 Å². The number of ether oxygens (including phenoxy) is 1. The maximum atomic E-state index is 6.38. The SMILES string of the molecule is Cc1ccc(C)c(C(N)C2CCOC2C)c1. The summed E-state index contributed by atoms with van der Waals surface area (Å²) in [5.41, 5.74) is 10.2. The molecule has 16 heavy (non-hydrogen) atoms. The van der Waals surface area contributed by atoms with Gasteiger partial charge in [0.1, 0.15) is 0 Å². The van der Waals surface area contributed by atoms with E-state index in [1.54, 1.807) is 0 Å². The quantitative estimate of drug-likeness (QED) is 0.830. The summed E-state index contributed by atoms with van der Waals surface area (Å²) in [4.78, 5) is 0. The summed E-state index contributed by atoms with van der Waals surface area (Å²) in [7, 11) is 0. The van der Waals surface area contributed by atoms with Crippen LogP contribution in [0.5, 0.6) is 0 Å². The van der Waals surface area contributed by atoms with E-state index < -0.39 is 0 Å². The molecular weight excluding hydrogens is 198 g/mol. The van der Waals surface area contributed by atoms with Crippen molar-refractivity contribution in [3.8, 4) is 0 Å². The lowest BCUT2D eigenvalue weighted by Gasteiger charge is -2.24. The number of benzene rings is 1. The molecule has 1 heterocycles. The second kappa shape index (κ2) is 4.56. The van der Waals surface area contributed by atoms with E-state index in [2.05, 4.69) is 39.0 Å². The fraction of sp³-hybridized carbons (Fsp3) is 0.571. The van der Waals surface area contributed by atoms with E-state index in [1.807, 2.05) is 0 Å². The molecule has 3 atom stereocenters. The van der Waals surface area contributed by atoms with E-state index in [0.717, 1.165) is 13.0 Å². The van der Waals surface area contributed by atoms with E-state index in [4.69, 9.17) is 10.5 Å². The molecule has 0 bridgehead atoms. The lowest BCUT2D eigenvalue weighted by Crippen LogP contribution is -2.27. The number of hydrogen-bond donors (Lipinski definition) is 1. The van der Waals surface area contributed by atoms with Crippen molar-refractivity contribution < 1.29 is 4.74 Å². The summed E-state index contributed by atoms with van der Waals surface area (Å²) < 4.78 is 5.60. The summed E-state index contributed by atoms with van der Waals surface area (Å²) in [5.74, 6) is 0.459. The summed E-state index contributed by atoms with van der Waals surface area (Å²) in [6.07, 6.45) is 1.37. The van der Waals surface area contributed by atoms with Crippen molar-refractivity contribution >= 4 is 0 Å². The predicted molar refractivity (Wildman–Crippen MR) is 66.4 cm³/mol. The van der Waals surface area contributed by atoms with Gasteiger partial charge >= 0.3 is 0 Å². The highest BCUT2D eigenvalue weighted by Crippen LogP contribution is 2.33. The Bertz CT molecular complexity index is 375. The van der Waals surface area contributed by atoms with Crippen LogP contribution in [0.1, 0.15) is 36.1 Å². The van der Waals surface area contributed by atoms with Gasteiger partial charge in [0.25, 0.3) is 0 Å². The highest BCUT2D eigenvalue weighted by atomic mass is 16.5. The molecule has 2 rings (SSSR count). The number of rotatable bonds is 2. The Kier molecular flexibility index (Phi) is 3.31. The molecule has 2 nitrogen and oxygen atoms in total. The van der Waals surface area contributed by atoms with Gasteiger partial charge in [-0.3, -0.25) is 0 Å². The first kappa shape index (κ1) is 11.6. The molecule has 0 saturated carbocycles. The van der Waals surface area contributed by atoms with Gasteiger partial charge in [0, 0.05) is 18.6 Å². The largest absolute Gasteiger partial charge is 0.378 e. The third kappa shape index (κ3) is 2.13. The van der Waals surface area contributed by atoms with Gasteiger partial charge in [0.05, 0.1) is 6.10 Å². The third-order valence-electron chi connectivity index (χ3n) is 3.69. The van der Waals surface area contributed by atoms with Crippen molar-refractivity contribution in [2.45, 2.75) is 39.3 Å². The molecule has 2 N–H and O–H groups in total. The fourth-order valence-corrected chi connectivity index (χ4v) is 2.57. The maximum Gasteiger partial charge on any atom is 0.0594 e. The van der Waals surface area contributed by atoms with Crippen molar-refractivity contribution in [1.82, 2.24) is 0 Å². The summed E-state index contributed by atoms with van der Waals surface area (Å²) in [6, 6.07) is 6.62. The van der Waals surface area contributed by atoms with Gasteiger partial charge in [-0.15, -0.1) is 0 Å². The molecule has 1 aliphatic rings. The van der Waals surface area contributed by atoms with Gasteiger partial charge in [0.15, 0.2) is 0 Å². The first-order valence-electron chi connectivity index (χ1n) is 6.04. The molecule has 88 valence electrons. The Morgan fingerprint density at radius 3 is 2.75 bits per heavy atom. The summed E-state index contributed by atoms with van der Waals surface area (Å²) in [5, 5.41) is 0. The molecular formula is C14H21NO. The van der Waals surface area contributed by atoms with Crippen LogP contribution in [-0.4, -0.2) is 12.7 Å². The zero-order valence-electron chi connectivity index (χ0n) is 10.4. The molecule has 1 aliphatic heterocycles. The zero-order chi connectivity index (χ0) is 11.7. The zero-order valence-corrected chi connectivity index (χ0v) is 10.4. The highest BCUT2D eigenvalue weighted by Gasteiger charge is 2.31. The van der Waals surface area contributed by atoms with Crippen LogP contribution in [0, 0.1) is 19.8 Å². The van der Waals surface area contributed by atoms with E-state index in [-0.39, 0.29) is 12.1 Å². The average Bonchev–Trinajstić information content (AvgIpc) is 2.67. The van der Waals surface area contributed by atoms with Crippen molar-refractivity contribution in [3.05, 3.63) is 34.9 Å². The van der Waals surface area contributed by atoms with E-state index >= 15 is 0 Å². The van der Waals surface area contributed by atoms with Crippen LogP contribution >= 0.6 is 0 Å². The first-order chi connectivity index (χ1) is 7.59. The predicted octanol–water partition coefficient (Wildman–Crippen LogP) is 2.73. The third-order valence-corrected chi connectivity index (χ3v) is 3.69. The standard InChI is InChI=1S/C14H21NO/c1-9-4-5-10(2)13(8-9)14(15)12-6-7-16-11(12)3/h4-5,8,11-12,14H,6-7,15H2,1-3H3. The van der Waals surface area contributed by atoms with Gasteiger partial charge in [-0.2, -0.15) is 0 Å². The van der Waals surface area contributed by atoms with Gasteiger partial charge in [0.2, 0.25) is 0 Å². The molecule has 1 fully saturated rings. The minimum atomic E-state index is 0.109. The molecule has 0 spiro atoms. The minimum absolute atomic E-state index is 0.109. The van der Waals surface area contributed by atoms with Crippen LogP contribution in [0.15, 0.2) is 18.2 Å². The van der Waals surface area contributed by atoms with Crippen molar-refractivity contribution in [2.24, 2.45) is 11.7 Å². The second-order valence-electron chi connectivity index (χ2n) is 4.91. The van der Waals surface area contributed by atoms with Crippen LogP contribution in [0.3, 0.4) is 0 Å². The van der Waals surface area contributed by atoms with Crippen LogP contribution in [0.2, 0.25) is 0 Å². The molecule has 0 radical (unpaired) electrons. The monoisotopic (exact) mass is 219 g/mol. The van der Waals surface area contributed by atoms with Crippen LogP contribution in [0.25, 0.3) is 0 Å². The maximum absolute atomic E-state index is 6.38. The first-order valence-corrected chi connectivity index (χ1v) is 6.04. The summed E-state index contributed by atoms with van der Waals surface area (Å²) in [6.45, 7) is 7.23. The number of hydrogen-bond acceptors (Lipinski definition) is 2. The lowest BCUT2D eigenvalue weighted by molar-refractivity contribution is 0.0994. The molecule has 1 aromatic rings. The van der Waals surface area contributed by atoms with E-state index in [0.29, 0.717) is 5.92 Å².